The van der Waals surface area contributed by atoms with Crippen molar-refractivity contribution in [2.24, 2.45) is 0 Å². The molecule has 7 heteroatoms. The number of benzene rings is 1. The second-order valence-corrected chi connectivity index (χ2v) is 7.50. The van der Waals surface area contributed by atoms with Crippen LogP contribution >= 0.6 is 0 Å². The van der Waals surface area contributed by atoms with Gasteiger partial charge in [-0.15, -0.1) is 0 Å². The van der Waals surface area contributed by atoms with E-state index in [9.17, 15) is 22.8 Å². The molecule has 0 spiro atoms. The lowest BCUT2D eigenvalue weighted by Gasteiger charge is -2.23. The van der Waals surface area contributed by atoms with Crippen LogP contribution in [-0.2, 0) is 24.1 Å². The number of hydrogen-bond acceptors (Lipinski definition) is 2. The third kappa shape index (κ3) is 4.64. The molecule has 1 aliphatic carbocycles. The molecule has 150 valence electrons. The molecule has 4 nitrogen and oxygen atoms in total. The van der Waals surface area contributed by atoms with Crippen molar-refractivity contribution in [3.05, 3.63) is 69.6 Å². The highest BCUT2D eigenvalue weighted by Crippen LogP contribution is 2.29. The van der Waals surface area contributed by atoms with Crippen molar-refractivity contribution in [3.8, 4) is 0 Å². The van der Waals surface area contributed by atoms with E-state index in [1.54, 1.807) is 4.90 Å². The molecule has 0 aliphatic heterocycles. The van der Waals surface area contributed by atoms with Crippen LogP contribution in [-0.4, -0.2) is 21.4 Å². The van der Waals surface area contributed by atoms with E-state index in [1.807, 2.05) is 24.3 Å². The molecule has 1 aromatic heterocycles. The summed E-state index contributed by atoms with van der Waals surface area (Å²) in [5, 5.41) is 0. The summed E-state index contributed by atoms with van der Waals surface area (Å²) < 4.78 is 39.6. The van der Waals surface area contributed by atoms with E-state index in [4.69, 9.17) is 0 Å². The van der Waals surface area contributed by atoms with Gasteiger partial charge < -0.3 is 9.47 Å². The summed E-state index contributed by atoms with van der Waals surface area (Å²) in [6.07, 6.45) is -1.78. The quantitative estimate of drug-likeness (QED) is 0.740. The summed E-state index contributed by atoms with van der Waals surface area (Å²) in [4.78, 5) is 26.5. The monoisotopic (exact) mass is 392 g/mol. The first kappa shape index (κ1) is 20.2. The fraction of sp³-hybridized carbons (Fsp3) is 0.429. The Kier molecular flexibility index (Phi) is 5.63. The molecule has 0 bridgehead atoms. The number of carbonyl (C=O) groups is 1. The number of nitrogens with zero attached hydrogens (tertiary/aromatic N) is 2. The van der Waals surface area contributed by atoms with Gasteiger partial charge in [0.25, 0.3) is 5.56 Å². The van der Waals surface area contributed by atoms with Gasteiger partial charge >= 0.3 is 6.18 Å². The van der Waals surface area contributed by atoms with Gasteiger partial charge in [0.1, 0.15) is 12.1 Å². The third-order valence-electron chi connectivity index (χ3n) is 4.94. The van der Waals surface area contributed by atoms with Gasteiger partial charge in [0.15, 0.2) is 0 Å². The van der Waals surface area contributed by atoms with E-state index in [0.717, 1.165) is 35.1 Å². The zero-order valence-electron chi connectivity index (χ0n) is 15.9. The van der Waals surface area contributed by atoms with Crippen molar-refractivity contribution >= 4 is 5.91 Å². The minimum Gasteiger partial charge on any atom is -0.334 e. The molecule has 1 aromatic carbocycles. The fourth-order valence-electron chi connectivity index (χ4n) is 3.13. The first-order valence-corrected chi connectivity index (χ1v) is 9.31. The zero-order chi connectivity index (χ0) is 20.5. The molecule has 1 aliphatic rings. The summed E-state index contributed by atoms with van der Waals surface area (Å²) in [6, 6.07) is 9.93. The Morgan fingerprint density at radius 1 is 1.18 bits per heavy atom. The van der Waals surface area contributed by atoms with Gasteiger partial charge in [0.05, 0.1) is 0 Å². The first-order valence-electron chi connectivity index (χ1n) is 9.31. The normalized spacial score (nSPS) is 14.4. The molecule has 0 radical (unpaired) electrons. The second-order valence-electron chi connectivity index (χ2n) is 7.50. The summed E-state index contributed by atoms with van der Waals surface area (Å²) in [6.45, 7) is 4.18. The van der Waals surface area contributed by atoms with E-state index in [0.29, 0.717) is 12.5 Å². The Hall–Kier alpha value is -2.57. The molecule has 1 saturated carbocycles. The predicted molar refractivity (Wildman–Crippen MR) is 99.8 cm³/mol. The maximum absolute atomic E-state index is 12.9. The van der Waals surface area contributed by atoms with E-state index < -0.39 is 23.8 Å². The lowest BCUT2D eigenvalue weighted by Crippen LogP contribution is -2.38. The van der Waals surface area contributed by atoms with Gasteiger partial charge in [0.2, 0.25) is 5.91 Å². The minimum absolute atomic E-state index is 0.0822. The van der Waals surface area contributed by atoms with Crippen LogP contribution in [0.25, 0.3) is 0 Å². The van der Waals surface area contributed by atoms with Crippen molar-refractivity contribution in [1.82, 2.24) is 9.47 Å². The Morgan fingerprint density at radius 2 is 1.82 bits per heavy atom. The van der Waals surface area contributed by atoms with E-state index in [2.05, 4.69) is 13.8 Å². The van der Waals surface area contributed by atoms with Crippen LogP contribution in [0.15, 0.2) is 47.4 Å². The summed E-state index contributed by atoms with van der Waals surface area (Å²) in [5.41, 5.74) is -0.296. The average molecular weight is 392 g/mol. The molecule has 0 N–H and O–H groups in total. The van der Waals surface area contributed by atoms with Crippen LogP contribution in [0.5, 0.6) is 0 Å². The topological polar surface area (TPSA) is 42.3 Å². The Labute approximate surface area is 161 Å². The molecule has 3 rings (SSSR count). The lowest BCUT2D eigenvalue weighted by atomic mass is 10.0. The number of aromatic nitrogens is 1. The Bertz CT molecular complexity index is 897. The first-order chi connectivity index (χ1) is 13.2. The average Bonchev–Trinajstić information content (AvgIpc) is 3.45. The van der Waals surface area contributed by atoms with Crippen LogP contribution in [0.1, 0.15) is 49.3 Å². The predicted octanol–water partition coefficient (Wildman–Crippen LogP) is 4.18. The molecule has 28 heavy (non-hydrogen) atoms. The standard InChI is InChI=1S/C21H23F3N2O2/c1-14(2)16-7-5-15(6-8-16)12-26(17-9-10-17)19(27)13-25-11-3-4-18(20(25)28)21(22,23)24/h3-8,11,14,17H,9-10,12-13H2,1-2H3. The molecular weight excluding hydrogens is 369 g/mol. The highest BCUT2D eigenvalue weighted by molar-refractivity contribution is 5.76. The number of rotatable bonds is 6. The zero-order valence-corrected chi connectivity index (χ0v) is 15.9. The van der Waals surface area contributed by atoms with Crippen LogP contribution in [0.4, 0.5) is 13.2 Å². The van der Waals surface area contributed by atoms with E-state index in [-0.39, 0.29) is 11.9 Å². The van der Waals surface area contributed by atoms with Crippen LogP contribution in [0.2, 0.25) is 0 Å². The van der Waals surface area contributed by atoms with E-state index in [1.165, 1.54) is 11.8 Å². The number of carbonyl (C=O) groups excluding carboxylic acids is 1. The number of alkyl halides is 3. The minimum atomic E-state index is -4.74. The number of pyridine rings is 1. The van der Waals surface area contributed by atoms with Crippen molar-refractivity contribution in [1.29, 1.82) is 0 Å². The Morgan fingerprint density at radius 3 is 2.36 bits per heavy atom. The molecule has 1 fully saturated rings. The lowest BCUT2D eigenvalue weighted by molar-refractivity contribution is -0.139. The van der Waals surface area contributed by atoms with Crippen molar-refractivity contribution in [3.63, 3.8) is 0 Å². The molecule has 0 saturated heterocycles. The van der Waals surface area contributed by atoms with Crippen molar-refractivity contribution in [2.45, 2.75) is 57.9 Å². The van der Waals surface area contributed by atoms with Gasteiger partial charge in [0, 0.05) is 18.8 Å². The molecule has 1 amide bonds. The molecule has 2 aromatic rings. The van der Waals surface area contributed by atoms with Crippen molar-refractivity contribution < 1.29 is 18.0 Å². The maximum Gasteiger partial charge on any atom is 0.421 e. The largest absolute Gasteiger partial charge is 0.421 e. The van der Waals surface area contributed by atoms with Gasteiger partial charge in [-0.1, -0.05) is 38.1 Å². The summed E-state index contributed by atoms with van der Waals surface area (Å²) >= 11 is 0. The summed E-state index contributed by atoms with van der Waals surface area (Å²) in [5.74, 6) is 0.0554. The van der Waals surface area contributed by atoms with Crippen LogP contribution in [0.3, 0.4) is 0 Å². The summed E-state index contributed by atoms with van der Waals surface area (Å²) in [7, 11) is 0. The molecular formula is C21H23F3N2O2. The molecule has 0 unspecified atom stereocenters. The third-order valence-corrected chi connectivity index (χ3v) is 4.94. The second kappa shape index (κ2) is 7.81. The van der Waals surface area contributed by atoms with Crippen LogP contribution < -0.4 is 5.56 Å². The van der Waals surface area contributed by atoms with E-state index >= 15 is 0 Å². The van der Waals surface area contributed by atoms with Gasteiger partial charge in [-0.2, -0.15) is 13.2 Å². The van der Waals surface area contributed by atoms with Gasteiger partial charge in [-0.05, 0) is 42.0 Å². The Balaban J connectivity index is 1.77. The number of hydrogen-bond donors (Lipinski definition) is 0. The van der Waals surface area contributed by atoms with Crippen LogP contribution in [0, 0.1) is 0 Å². The number of halogens is 3. The smallest absolute Gasteiger partial charge is 0.334 e. The molecule has 0 atom stereocenters. The van der Waals surface area contributed by atoms with Gasteiger partial charge in [-0.25, -0.2) is 0 Å². The maximum atomic E-state index is 12.9. The molecule has 1 heterocycles. The SMILES string of the molecule is CC(C)c1ccc(CN(C(=O)Cn2cccc(C(F)(F)F)c2=O)C2CC2)cc1. The number of amides is 1. The fourth-order valence-corrected chi connectivity index (χ4v) is 3.13. The highest BCUT2D eigenvalue weighted by Gasteiger charge is 2.35. The van der Waals surface area contributed by atoms with Crippen molar-refractivity contribution in [2.75, 3.05) is 0 Å². The highest BCUT2D eigenvalue weighted by atomic mass is 19.4. The van der Waals surface area contributed by atoms with Gasteiger partial charge in [-0.3, -0.25) is 9.59 Å².